The molecule has 0 spiro atoms. The fraction of sp³-hybridized carbons (Fsp3) is 1.00. The predicted octanol–water partition coefficient (Wildman–Crippen LogP) is 4.40. The third kappa shape index (κ3) is 1.02. The van der Waals surface area contributed by atoms with Gasteiger partial charge in [0.2, 0.25) is 0 Å². The van der Waals surface area contributed by atoms with E-state index in [1.165, 1.54) is 12.3 Å². The molecule has 8 unspecified atom stereocenters. The van der Waals surface area contributed by atoms with E-state index in [1.807, 2.05) is 0 Å². The van der Waals surface area contributed by atoms with E-state index in [-0.39, 0.29) is 0 Å². The zero-order valence-corrected chi connectivity index (χ0v) is 12.2. The molecule has 0 amide bonds. The second-order valence-electron chi connectivity index (χ2n) is 8.15. The van der Waals surface area contributed by atoms with Crippen LogP contribution in [0, 0.1) is 46.8 Å². The summed E-state index contributed by atoms with van der Waals surface area (Å²) >= 11 is 4.66. The molecule has 5 fully saturated rings. The van der Waals surface area contributed by atoms with E-state index < -0.39 is 0 Å². The van der Waals surface area contributed by atoms with E-state index in [1.54, 1.807) is 44.9 Å². The highest BCUT2D eigenvalue weighted by atomic mass is 32.1. The Bertz CT molecular complexity index is 378. The Morgan fingerprint density at radius 1 is 0.944 bits per heavy atom. The largest absolute Gasteiger partial charge is 0.179 e. The van der Waals surface area contributed by atoms with Crippen molar-refractivity contribution in [3.63, 3.8) is 0 Å². The molecule has 0 aromatic heterocycles. The van der Waals surface area contributed by atoms with Crippen LogP contribution in [0.25, 0.3) is 0 Å². The molecule has 0 N–H and O–H groups in total. The zero-order valence-electron chi connectivity index (χ0n) is 11.4. The van der Waals surface area contributed by atoms with E-state index in [9.17, 15) is 0 Å². The molecule has 1 heteroatoms. The van der Waals surface area contributed by atoms with Crippen LogP contribution in [0.1, 0.15) is 51.4 Å². The van der Waals surface area contributed by atoms with E-state index in [4.69, 9.17) is 0 Å². The highest BCUT2D eigenvalue weighted by Gasteiger charge is 2.72. The molecule has 0 aromatic carbocycles. The summed E-state index contributed by atoms with van der Waals surface area (Å²) in [6, 6.07) is 0. The van der Waals surface area contributed by atoms with Gasteiger partial charge >= 0.3 is 0 Å². The van der Waals surface area contributed by atoms with Gasteiger partial charge in [-0.05, 0) is 97.5 Å². The van der Waals surface area contributed by atoms with Gasteiger partial charge in [-0.1, -0.05) is 6.42 Å². The van der Waals surface area contributed by atoms with Gasteiger partial charge in [-0.3, -0.25) is 0 Å². The van der Waals surface area contributed by atoms with E-state index in [0.29, 0.717) is 0 Å². The maximum atomic E-state index is 4.66. The molecule has 5 aliphatic rings. The molecule has 5 rings (SSSR count). The molecule has 8 atom stereocenters. The van der Waals surface area contributed by atoms with Crippen LogP contribution in [0.2, 0.25) is 0 Å². The summed E-state index contributed by atoms with van der Waals surface area (Å²) in [6.45, 7) is 0. The standard InChI is InChI=1S/C17H26S/c18-7-6-17-11-5-4-10(8-11)16(17)14-9-15(17)13-3-1-2-12(13)14/h10-16,18H,1-9H2. The number of fused-ring (bicyclic) bond motifs is 12. The van der Waals surface area contributed by atoms with Crippen LogP contribution in [0.5, 0.6) is 0 Å². The van der Waals surface area contributed by atoms with Crippen molar-refractivity contribution in [2.45, 2.75) is 51.4 Å². The van der Waals surface area contributed by atoms with Crippen LogP contribution in [-0.4, -0.2) is 5.75 Å². The smallest absolute Gasteiger partial charge is 0.00923 e. The minimum atomic E-state index is 0.806. The third-order valence-corrected chi connectivity index (χ3v) is 8.50. The van der Waals surface area contributed by atoms with Crippen molar-refractivity contribution in [2.24, 2.45) is 46.8 Å². The SMILES string of the molecule is SCCC12C3CCC(C3)C1C1CC2C2CCCC21. The average Bonchev–Trinajstić information content (AvgIpc) is 3.12. The van der Waals surface area contributed by atoms with Gasteiger partial charge in [-0.25, -0.2) is 0 Å². The maximum absolute atomic E-state index is 4.66. The highest BCUT2D eigenvalue weighted by Crippen LogP contribution is 2.79. The first-order chi connectivity index (χ1) is 8.86. The normalized spacial score (nSPS) is 63.5. The quantitative estimate of drug-likeness (QED) is 0.553. The number of rotatable bonds is 2. The van der Waals surface area contributed by atoms with Gasteiger partial charge < -0.3 is 0 Å². The molecule has 5 saturated carbocycles. The molecular formula is C17H26S. The molecule has 18 heavy (non-hydrogen) atoms. The third-order valence-electron chi connectivity index (χ3n) is 8.28. The Kier molecular flexibility index (Phi) is 2.16. The topological polar surface area (TPSA) is 0 Å². The maximum Gasteiger partial charge on any atom is -0.00923 e. The van der Waals surface area contributed by atoms with Crippen LogP contribution >= 0.6 is 12.6 Å². The first-order valence-electron chi connectivity index (χ1n) is 8.47. The Balaban J connectivity index is 1.61. The van der Waals surface area contributed by atoms with Gasteiger partial charge in [-0.2, -0.15) is 12.6 Å². The van der Waals surface area contributed by atoms with Crippen molar-refractivity contribution in [1.82, 2.24) is 0 Å². The lowest BCUT2D eigenvalue weighted by Crippen LogP contribution is -2.46. The van der Waals surface area contributed by atoms with E-state index >= 15 is 0 Å². The van der Waals surface area contributed by atoms with Crippen LogP contribution in [0.4, 0.5) is 0 Å². The minimum Gasteiger partial charge on any atom is -0.179 e. The van der Waals surface area contributed by atoms with Crippen molar-refractivity contribution in [3.05, 3.63) is 0 Å². The Labute approximate surface area is 117 Å². The summed E-state index contributed by atoms with van der Waals surface area (Å²) in [4.78, 5) is 0. The summed E-state index contributed by atoms with van der Waals surface area (Å²) in [6.07, 6.45) is 12.6. The molecule has 100 valence electrons. The zero-order chi connectivity index (χ0) is 11.9. The summed E-state index contributed by atoms with van der Waals surface area (Å²) in [5.41, 5.74) is 0.806. The fourth-order valence-corrected chi connectivity index (χ4v) is 8.70. The van der Waals surface area contributed by atoms with Crippen molar-refractivity contribution >= 4 is 12.6 Å². The molecule has 0 aromatic rings. The van der Waals surface area contributed by atoms with Crippen molar-refractivity contribution in [3.8, 4) is 0 Å². The second-order valence-corrected chi connectivity index (χ2v) is 8.59. The van der Waals surface area contributed by atoms with Gasteiger partial charge in [0.05, 0.1) is 0 Å². The van der Waals surface area contributed by atoms with Crippen molar-refractivity contribution < 1.29 is 0 Å². The summed E-state index contributed by atoms with van der Waals surface area (Å²) in [5.74, 6) is 9.22. The average molecular weight is 262 g/mol. The first-order valence-corrected chi connectivity index (χ1v) is 9.10. The van der Waals surface area contributed by atoms with Crippen LogP contribution in [-0.2, 0) is 0 Å². The molecule has 0 nitrogen and oxygen atoms in total. The lowest BCUT2D eigenvalue weighted by molar-refractivity contribution is -0.0312. The second kappa shape index (κ2) is 3.51. The Morgan fingerprint density at radius 3 is 2.72 bits per heavy atom. The summed E-state index contributed by atoms with van der Waals surface area (Å²) < 4.78 is 0. The predicted molar refractivity (Wildman–Crippen MR) is 77.7 cm³/mol. The molecule has 5 aliphatic carbocycles. The minimum absolute atomic E-state index is 0.806. The Morgan fingerprint density at radius 2 is 1.83 bits per heavy atom. The van der Waals surface area contributed by atoms with Crippen LogP contribution in [0.15, 0.2) is 0 Å². The van der Waals surface area contributed by atoms with Gasteiger partial charge in [0.25, 0.3) is 0 Å². The molecule has 0 radical (unpaired) electrons. The highest BCUT2D eigenvalue weighted by molar-refractivity contribution is 7.80. The number of hydrogen-bond acceptors (Lipinski definition) is 1. The van der Waals surface area contributed by atoms with Crippen molar-refractivity contribution in [2.75, 3.05) is 5.75 Å². The molecular weight excluding hydrogens is 236 g/mol. The fourth-order valence-electron chi connectivity index (χ4n) is 8.31. The van der Waals surface area contributed by atoms with Gasteiger partial charge in [0.15, 0.2) is 0 Å². The van der Waals surface area contributed by atoms with E-state index in [2.05, 4.69) is 12.6 Å². The molecule has 0 aliphatic heterocycles. The van der Waals surface area contributed by atoms with Crippen LogP contribution < -0.4 is 0 Å². The lowest BCUT2D eigenvalue weighted by atomic mass is 9.54. The van der Waals surface area contributed by atoms with Gasteiger partial charge in [0, 0.05) is 0 Å². The summed E-state index contributed by atoms with van der Waals surface area (Å²) in [7, 11) is 0. The monoisotopic (exact) mass is 262 g/mol. The number of thiol groups is 1. The van der Waals surface area contributed by atoms with Gasteiger partial charge in [0.1, 0.15) is 0 Å². The molecule has 0 saturated heterocycles. The summed E-state index contributed by atoms with van der Waals surface area (Å²) in [5, 5.41) is 0. The van der Waals surface area contributed by atoms with Crippen LogP contribution in [0.3, 0.4) is 0 Å². The number of hydrogen-bond donors (Lipinski definition) is 1. The molecule has 0 heterocycles. The van der Waals surface area contributed by atoms with Crippen molar-refractivity contribution in [1.29, 1.82) is 0 Å². The lowest BCUT2D eigenvalue weighted by Gasteiger charge is -2.51. The van der Waals surface area contributed by atoms with E-state index in [0.717, 1.165) is 46.7 Å². The van der Waals surface area contributed by atoms with Gasteiger partial charge in [-0.15, -0.1) is 0 Å². The molecule has 4 bridgehead atoms. The Hall–Kier alpha value is 0.350. The first kappa shape index (κ1) is 11.1.